The Morgan fingerprint density at radius 1 is 0.950 bits per heavy atom. The topological polar surface area (TPSA) is 51.6 Å². The van der Waals surface area contributed by atoms with Crippen LogP contribution in [0.4, 0.5) is 0 Å². The molecular weight excluding hydrogens is 292 g/mol. The fourth-order valence-electron chi connectivity index (χ4n) is 1.61. The first-order valence-electron chi connectivity index (χ1n) is 5.85. The minimum absolute atomic E-state index is 0.412. The van der Waals surface area contributed by atoms with E-state index in [4.69, 9.17) is 11.6 Å². The predicted octanol–water partition coefficient (Wildman–Crippen LogP) is 3.74. The maximum absolute atomic E-state index is 6.07. The van der Waals surface area contributed by atoms with Crippen molar-refractivity contribution in [2.45, 2.75) is 10.1 Å². The summed E-state index contributed by atoms with van der Waals surface area (Å²) in [4.78, 5) is 16.8. The molecule has 6 heteroatoms. The Morgan fingerprint density at radius 2 is 1.80 bits per heavy atom. The summed E-state index contributed by atoms with van der Waals surface area (Å²) in [5, 5.41) is 1.98. The average molecular weight is 301 g/mol. The summed E-state index contributed by atoms with van der Waals surface area (Å²) in [7, 11) is 0. The summed E-state index contributed by atoms with van der Waals surface area (Å²) in [6, 6.07) is 13.3. The molecule has 2 aromatic heterocycles. The molecule has 1 aromatic carbocycles. The van der Waals surface area contributed by atoms with Gasteiger partial charge in [0.2, 0.25) is 0 Å². The maximum atomic E-state index is 6.07. The molecule has 0 N–H and O–H groups in total. The summed E-state index contributed by atoms with van der Waals surface area (Å²) >= 11 is 7.49. The van der Waals surface area contributed by atoms with E-state index < -0.39 is 0 Å². The average Bonchev–Trinajstić information content (AvgIpc) is 2.49. The standard InChI is InChI=1S/C14H9ClN4S/c15-11-8-13(20-12-6-7-16-9-17-12)19-14(18-11)10-4-2-1-3-5-10/h1-9H. The van der Waals surface area contributed by atoms with Gasteiger partial charge in [-0.15, -0.1) is 0 Å². The van der Waals surface area contributed by atoms with Crippen molar-refractivity contribution < 1.29 is 0 Å². The highest BCUT2D eigenvalue weighted by atomic mass is 35.5. The van der Waals surface area contributed by atoms with E-state index in [2.05, 4.69) is 19.9 Å². The van der Waals surface area contributed by atoms with Crippen LogP contribution in [0.2, 0.25) is 5.15 Å². The van der Waals surface area contributed by atoms with Crippen LogP contribution in [0.1, 0.15) is 0 Å². The number of rotatable bonds is 3. The highest BCUT2D eigenvalue weighted by molar-refractivity contribution is 7.99. The zero-order valence-corrected chi connectivity index (χ0v) is 11.8. The van der Waals surface area contributed by atoms with Crippen LogP contribution in [0.15, 0.2) is 65.0 Å². The van der Waals surface area contributed by atoms with E-state index in [-0.39, 0.29) is 0 Å². The highest BCUT2D eigenvalue weighted by Gasteiger charge is 2.07. The van der Waals surface area contributed by atoms with E-state index in [9.17, 15) is 0 Å². The Bertz CT molecular complexity index is 707. The van der Waals surface area contributed by atoms with Gasteiger partial charge in [0.05, 0.1) is 0 Å². The SMILES string of the molecule is Clc1cc(Sc2ccncn2)nc(-c2ccccc2)n1. The number of hydrogen-bond acceptors (Lipinski definition) is 5. The number of halogens is 1. The number of aromatic nitrogens is 4. The molecule has 0 fully saturated rings. The van der Waals surface area contributed by atoms with Gasteiger partial charge >= 0.3 is 0 Å². The van der Waals surface area contributed by atoms with Crippen LogP contribution in [0.25, 0.3) is 11.4 Å². The van der Waals surface area contributed by atoms with Crippen molar-refractivity contribution in [3.8, 4) is 11.4 Å². The van der Waals surface area contributed by atoms with Gasteiger partial charge in [-0.2, -0.15) is 0 Å². The molecule has 0 atom stereocenters. The first-order chi connectivity index (χ1) is 9.81. The molecule has 0 aliphatic rings. The quantitative estimate of drug-likeness (QED) is 0.690. The van der Waals surface area contributed by atoms with Gasteiger partial charge in [-0.25, -0.2) is 19.9 Å². The number of hydrogen-bond donors (Lipinski definition) is 0. The van der Waals surface area contributed by atoms with Crippen molar-refractivity contribution in [3.63, 3.8) is 0 Å². The summed E-state index contributed by atoms with van der Waals surface area (Å²) in [5.74, 6) is 0.606. The Balaban J connectivity index is 1.95. The maximum Gasteiger partial charge on any atom is 0.162 e. The minimum atomic E-state index is 0.412. The molecule has 4 nitrogen and oxygen atoms in total. The molecule has 20 heavy (non-hydrogen) atoms. The van der Waals surface area contributed by atoms with Crippen LogP contribution in [0.5, 0.6) is 0 Å². The lowest BCUT2D eigenvalue weighted by atomic mass is 10.2. The third-order valence-corrected chi connectivity index (χ3v) is 3.53. The molecule has 3 rings (SSSR count). The molecule has 0 spiro atoms. The molecule has 0 unspecified atom stereocenters. The Labute approximate surface area is 125 Å². The van der Waals surface area contributed by atoms with Gasteiger partial charge < -0.3 is 0 Å². The molecule has 98 valence electrons. The van der Waals surface area contributed by atoms with E-state index in [1.54, 1.807) is 12.3 Å². The van der Waals surface area contributed by atoms with E-state index in [1.165, 1.54) is 18.1 Å². The van der Waals surface area contributed by atoms with Crippen LogP contribution in [0, 0.1) is 0 Å². The van der Waals surface area contributed by atoms with Crippen molar-refractivity contribution in [1.82, 2.24) is 19.9 Å². The smallest absolute Gasteiger partial charge is 0.162 e. The molecule has 0 saturated carbocycles. The van der Waals surface area contributed by atoms with Crippen LogP contribution >= 0.6 is 23.4 Å². The summed E-state index contributed by atoms with van der Waals surface area (Å²) in [6.45, 7) is 0. The van der Waals surface area contributed by atoms with Crippen LogP contribution < -0.4 is 0 Å². The van der Waals surface area contributed by atoms with Crippen molar-refractivity contribution >= 4 is 23.4 Å². The molecule has 0 aliphatic heterocycles. The first-order valence-corrected chi connectivity index (χ1v) is 7.04. The van der Waals surface area contributed by atoms with E-state index >= 15 is 0 Å². The van der Waals surface area contributed by atoms with Gasteiger partial charge in [-0.1, -0.05) is 41.9 Å². The van der Waals surface area contributed by atoms with E-state index in [1.807, 2.05) is 36.4 Å². The molecule has 3 aromatic rings. The van der Waals surface area contributed by atoms with E-state index in [0.29, 0.717) is 11.0 Å². The van der Waals surface area contributed by atoms with E-state index in [0.717, 1.165) is 15.6 Å². The summed E-state index contributed by atoms with van der Waals surface area (Å²) in [5.41, 5.74) is 0.930. The Kier molecular flexibility index (Phi) is 3.90. The second kappa shape index (κ2) is 5.98. The van der Waals surface area contributed by atoms with Gasteiger partial charge in [-0.3, -0.25) is 0 Å². The zero-order chi connectivity index (χ0) is 13.8. The number of benzene rings is 1. The summed E-state index contributed by atoms with van der Waals surface area (Å²) < 4.78 is 0. The van der Waals surface area contributed by atoms with Crippen LogP contribution in [0.3, 0.4) is 0 Å². The molecular formula is C14H9ClN4S. The summed E-state index contributed by atoms with van der Waals surface area (Å²) in [6.07, 6.45) is 3.19. The van der Waals surface area contributed by atoms with Crippen LogP contribution in [-0.4, -0.2) is 19.9 Å². The molecule has 0 bridgehead atoms. The highest BCUT2D eigenvalue weighted by Crippen LogP contribution is 2.27. The molecule has 0 aliphatic carbocycles. The van der Waals surface area contributed by atoms with Gasteiger partial charge in [0.1, 0.15) is 21.5 Å². The second-order valence-corrected chi connectivity index (χ2v) is 5.30. The lowest BCUT2D eigenvalue weighted by Crippen LogP contribution is -1.92. The Hall–Kier alpha value is -1.98. The molecule has 2 heterocycles. The van der Waals surface area contributed by atoms with Crippen LogP contribution in [-0.2, 0) is 0 Å². The monoisotopic (exact) mass is 300 g/mol. The minimum Gasteiger partial charge on any atom is -0.245 e. The number of nitrogens with zero attached hydrogens (tertiary/aromatic N) is 4. The zero-order valence-electron chi connectivity index (χ0n) is 10.3. The lowest BCUT2D eigenvalue weighted by Gasteiger charge is -2.04. The normalized spacial score (nSPS) is 10.4. The largest absolute Gasteiger partial charge is 0.245 e. The van der Waals surface area contributed by atoms with Crippen molar-refractivity contribution in [3.05, 3.63) is 60.1 Å². The molecule has 0 radical (unpaired) electrons. The first kappa shape index (κ1) is 13.0. The fraction of sp³-hybridized carbons (Fsp3) is 0. The van der Waals surface area contributed by atoms with Gasteiger partial charge in [0.15, 0.2) is 5.82 Å². The second-order valence-electron chi connectivity index (χ2n) is 3.87. The third-order valence-electron chi connectivity index (χ3n) is 2.47. The van der Waals surface area contributed by atoms with Gasteiger partial charge in [0, 0.05) is 17.8 Å². The van der Waals surface area contributed by atoms with Gasteiger partial charge in [0.25, 0.3) is 0 Å². The van der Waals surface area contributed by atoms with Gasteiger partial charge in [-0.05, 0) is 17.8 Å². The lowest BCUT2D eigenvalue weighted by molar-refractivity contribution is 1.02. The molecule has 0 saturated heterocycles. The Morgan fingerprint density at radius 3 is 2.55 bits per heavy atom. The van der Waals surface area contributed by atoms with Crippen molar-refractivity contribution in [2.24, 2.45) is 0 Å². The van der Waals surface area contributed by atoms with Crippen molar-refractivity contribution in [2.75, 3.05) is 0 Å². The molecule has 0 amide bonds. The fourth-order valence-corrected chi connectivity index (χ4v) is 2.61. The predicted molar refractivity (Wildman–Crippen MR) is 78.6 cm³/mol. The third kappa shape index (κ3) is 3.12. The van der Waals surface area contributed by atoms with Crippen molar-refractivity contribution in [1.29, 1.82) is 0 Å².